The number of hydrogen-bond acceptors (Lipinski definition) is 2. The lowest BCUT2D eigenvalue weighted by molar-refractivity contribution is 0.581. The van der Waals surface area contributed by atoms with Gasteiger partial charge in [-0.3, -0.25) is 0 Å². The molecule has 0 aromatic heterocycles. The first-order chi connectivity index (χ1) is 11.0. The van der Waals surface area contributed by atoms with Gasteiger partial charge in [0.1, 0.15) is 0 Å². The number of rotatable bonds is 4. The van der Waals surface area contributed by atoms with E-state index in [1.807, 2.05) is 62.4 Å². The second-order valence-corrected chi connectivity index (χ2v) is 7.46. The molecule has 0 aliphatic carbocycles. The van der Waals surface area contributed by atoms with Crippen molar-refractivity contribution in [2.75, 3.05) is 0 Å². The fourth-order valence-electron chi connectivity index (χ4n) is 2.59. The monoisotopic (exact) mass is 325 g/mol. The minimum Gasteiger partial charge on any atom is -0.207 e. The molecule has 3 rings (SSSR count). The van der Waals surface area contributed by atoms with Crippen molar-refractivity contribution in [3.05, 3.63) is 77.4 Å². The van der Waals surface area contributed by atoms with Crippen LogP contribution in [-0.4, -0.2) is 8.42 Å². The second kappa shape index (κ2) is 6.14. The Kier molecular flexibility index (Phi) is 4.20. The van der Waals surface area contributed by atoms with Crippen molar-refractivity contribution in [3.63, 3.8) is 0 Å². The van der Waals surface area contributed by atoms with Crippen LogP contribution in [0.1, 0.15) is 16.7 Å². The molecule has 0 unspecified atom stereocenters. The lowest BCUT2D eigenvalue weighted by atomic mass is 10.0. The van der Waals surface area contributed by atoms with E-state index in [2.05, 4.69) is 4.72 Å². The minimum atomic E-state index is -3.53. The first-order valence-electron chi connectivity index (χ1n) is 7.51. The summed E-state index contributed by atoms with van der Waals surface area (Å²) in [6.07, 6.45) is 0. The van der Waals surface area contributed by atoms with Gasteiger partial charge in [-0.25, -0.2) is 13.1 Å². The molecule has 0 aliphatic rings. The Morgan fingerprint density at radius 3 is 2.39 bits per heavy atom. The van der Waals surface area contributed by atoms with Gasteiger partial charge >= 0.3 is 0 Å². The highest BCUT2D eigenvalue weighted by molar-refractivity contribution is 7.89. The van der Waals surface area contributed by atoms with Gasteiger partial charge in [0.25, 0.3) is 0 Å². The van der Waals surface area contributed by atoms with Gasteiger partial charge in [-0.05, 0) is 53.4 Å². The molecule has 3 nitrogen and oxygen atoms in total. The predicted octanol–water partition coefficient (Wildman–Crippen LogP) is 3.94. The highest BCUT2D eigenvalue weighted by Crippen LogP contribution is 2.19. The van der Waals surface area contributed by atoms with Crippen molar-refractivity contribution in [2.45, 2.75) is 25.3 Å². The maximum Gasteiger partial charge on any atom is 0.240 e. The first kappa shape index (κ1) is 15.7. The summed E-state index contributed by atoms with van der Waals surface area (Å²) < 4.78 is 27.8. The third kappa shape index (κ3) is 3.28. The Labute approximate surface area is 137 Å². The molecular weight excluding hydrogens is 306 g/mol. The molecule has 118 valence electrons. The van der Waals surface area contributed by atoms with Crippen molar-refractivity contribution in [1.82, 2.24) is 4.72 Å². The van der Waals surface area contributed by atoms with Gasteiger partial charge in [0.2, 0.25) is 10.0 Å². The molecule has 0 saturated heterocycles. The number of fused-ring (bicyclic) bond motifs is 1. The molecular formula is C19H19NO2S. The van der Waals surface area contributed by atoms with E-state index in [1.54, 1.807) is 12.1 Å². The van der Waals surface area contributed by atoms with Crippen LogP contribution in [0.25, 0.3) is 10.8 Å². The van der Waals surface area contributed by atoms with Crippen molar-refractivity contribution >= 4 is 20.8 Å². The van der Waals surface area contributed by atoms with Crippen molar-refractivity contribution in [2.24, 2.45) is 0 Å². The molecule has 0 bridgehead atoms. The molecule has 0 spiro atoms. The molecule has 0 amide bonds. The van der Waals surface area contributed by atoms with Gasteiger partial charge < -0.3 is 0 Å². The largest absolute Gasteiger partial charge is 0.240 e. The Hall–Kier alpha value is -2.17. The zero-order valence-corrected chi connectivity index (χ0v) is 14.0. The van der Waals surface area contributed by atoms with Gasteiger partial charge in [0.05, 0.1) is 4.90 Å². The molecule has 4 heteroatoms. The lowest BCUT2D eigenvalue weighted by Crippen LogP contribution is -2.23. The summed E-state index contributed by atoms with van der Waals surface area (Å²) in [7, 11) is -3.53. The van der Waals surface area contributed by atoms with Crippen LogP contribution in [0.2, 0.25) is 0 Å². The highest BCUT2D eigenvalue weighted by Gasteiger charge is 2.14. The maximum absolute atomic E-state index is 12.5. The lowest BCUT2D eigenvalue weighted by Gasteiger charge is -2.11. The number of sulfonamides is 1. The zero-order chi connectivity index (χ0) is 16.4. The third-order valence-corrected chi connectivity index (χ3v) is 5.60. The Morgan fingerprint density at radius 2 is 1.61 bits per heavy atom. The molecule has 23 heavy (non-hydrogen) atoms. The smallest absolute Gasteiger partial charge is 0.207 e. The molecule has 0 saturated carbocycles. The van der Waals surface area contributed by atoms with Crippen molar-refractivity contribution in [1.29, 1.82) is 0 Å². The van der Waals surface area contributed by atoms with E-state index in [0.29, 0.717) is 11.4 Å². The average Bonchev–Trinajstić information content (AvgIpc) is 2.56. The van der Waals surface area contributed by atoms with Gasteiger partial charge in [-0.15, -0.1) is 0 Å². The van der Waals surface area contributed by atoms with Gasteiger partial charge in [0.15, 0.2) is 0 Å². The average molecular weight is 325 g/mol. The van der Waals surface area contributed by atoms with Crippen LogP contribution >= 0.6 is 0 Å². The summed E-state index contributed by atoms with van der Waals surface area (Å²) >= 11 is 0. The Bertz CT molecular complexity index is 962. The van der Waals surface area contributed by atoms with Crippen molar-refractivity contribution in [3.8, 4) is 0 Å². The summed E-state index contributed by atoms with van der Waals surface area (Å²) in [6.45, 7) is 4.33. The van der Waals surface area contributed by atoms with E-state index in [9.17, 15) is 8.42 Å². The number of aryl methyl sites for hydroxylation is 1. The van der Waals surface area contributed by atoms with E-state index in [4.69, 9.17) is 0 Å². The van der Waals surface area contributed by atoms with E-state index in [0.717, 1.165) is 27.5 Å². The number of benzene rings is 3. The molecule has 0 fully saturated rings. The fraction of sp³-hybridized carbons (Fsp3) is 0.158. The van der Waals surface area contributed by atoms with Crippen molar-refractivity contribution < 1.29 is 8.42 Å². The normalized spacial score (nSPS) is 11.7. The Morgan fingerprint density at radius 1 is 0.870 bits per heavy atom. The Balaban J connectivity index is 1.87. The van der Waals surface area contributed by atoms with Crippen LogP contribution < -0.4 is 4.72 Å². The third-order valence-electron chi connectivity index (χ3n) is 4.20. The van der Waals surface area contributed by atoms with Crippen LogP contribution in [0.15, 0.2) is 65.6 Å². The zero-order valence-electron chi connectivity index (χ0n) is 13.2. The molecule has 0 aliphatic heterocycles. The van der Waals surface area contributed by atoms with E-state index in [1.165, 1.54) is 0 Å². The van der Waals surface area contributed by atoms with Crippen LogP contribution in [0.4, 0.5) is 0 Å². The summed E-state index contributed by atoms with van der Waals surface area (Å²) in [6, 6.07) is 18.8. The molecule has 3 aromatic carbocycles. The molecule has 0 radical (unpaired) electrons. The summed E-state index contributed by atoms with van der Waals surface area (Å²) in [5.74, 6) is 0. The molecule has 0 atom stereocenters. The van der Waals surface area contributed by atoms with Gasteiger partial charge in [0, 0.05) is 6.54 Å². The molecule has 1 N–H and O–H groups in total. The standard InChI is InChI=1S/C19H19NO2S/c1-14-6-5-9-18(15(14)2)13-20-23(21,22)19-11-10-16-7-3-4-8-17(16)12-19/h3-12,20H,13H2,1-2H3. The summed E-state index contributed by atoms with van der Waals surface area (Å²) in [4.78, 5) is 0.293. The quantitative estimate of drug-likeness (QED) is 0.790. The van der Waals surface area contributed by atoms with E-state index >= 15 is 0 Å². The van der Waals surface area contributed by atoms with Crippen LogP contribution in [0, 0.1) is 13.8 Å². The maximum atomic E-state index is 12.5. The van der Waals surface area contributed by atoms with Crippen LogP contribution in [0.5, 0.6) is 0 Å². The van der Waals surface area contributed by atoms with Gasteiger partial charge in [-0.1, -0.05) is 48.5 Å². The number of hydrogen-bond donors (Lipinski definition) is 1. The second-order valence-electron chi connectivity index (χ2n) is 5.69. The summed E-state index contributed by atoms with van der Waals surface area (Å²) in [5, 5.41) is 1.95. The number of nitrogens with one attached hydrogen (secondary N) is 1. The highest BCUT2D eigenvalue weighted by atomic mass is 32.2. The predicted molar refractivity (Wildman–Crippen MR) is 93.9 cm³/mol. The van der Waals surface area contributed by atoms with Gasteiger partial charge in [-0.2, -0.15) is 0 Å². The van der Waals surface area contributed by atoms with Crippen LogP contribution in [-0.2, 0) is 16.6 Å². The molecule has 3 aromatic rings. The van der Waals surface area contributed by atoms with E-state index in [-0.39, 0.29) is 0 Å². The molecule has 0 heterocycles. The topological polar surface area (TPSA) is 46.2 Å². The van der Waals surface area contributed by atoms with E-state index < -0.39 is 10.0 Å². The minimum absolute atomic E-state index is 0.293. The van der Waals surface area contributed by atoms with Crippen LogP contribution in [0.3, 0.4) is 0 Å². The summed E-state index contributed by atoms with van der Waals surface area (Å²) in [5.41, 5.74) is 3.27. The first-order valence-corrected chi connectivity index (χ1v) is 8.99. The SMILES string of the molecule is Cc1cccc(CNS(=O)(=O)c2ccc3ccccc3c2)c1C. The fourth-order valence-corrected chi connectivity index (χ4v) is 3.64.